The molecule has 0 bridgehead atoms. The van der Waals surface area contributed by atoms with E-state index in [1.807, 2.05) is 37.1 Å². The second-order valence-corrected chi connectivity index (χ2v) is 16.6. The number of amides is 3. The molecule has 0 aromatic heterocycles. The van der Waals surface area contributed by atoms with Crippen molar-refractivity contribution >= 4 is 50.9 Å². The molecule has 2 saturated carbocycles. The van der Waals surface area contributed by atoms with Gasteiger partial charge in [0.25, 0.3) is 5.91 Å². The maximum atomic E-state index is 14.2. The lowest BCUT2D eigenvalue weighted by Crippen LogP contribution is -2.42. The van der Waals surface area contributed by atoms with Gasteiger partial charge in [0.1, 0.15) is 21.6 Å². The zero-order valence-corrected chi connectivity index (χ0v) is 30.1. The second-order valence-electron chi connectivity index (χ2n) is 13.1. The smallest absolute Gasteiger partial charge is 0.327 e. The lowest BCUT2D eigenvalue weighted by molar-refractivity contribution is 0.0178. The molecule has 47 heavy (non-hydrogen) atoms. The quantitative estimate of drug-likeness (QED) is 0.252. The fraction of sp³-hybridized carbons (Fsp3) is 0.543. The number of hydrogen-bond acceptors (Lipinski definition) is 7. The first-order valence-electron chi connectivity index (χ1n) is 16.4. The third kappa shape index (κ3) is 9.90. The summed E-state index contributed by atoms with van der Waals surface area (Å²) in [6.45, 7) is 4.78. The summed E-state index contributed by atoms with van der Waals surface area (Å²) in [5.41, 5.74) is 3.30. The maximum absolute atomic E-state index is 14.2. The molecule has 2 fully saturated rings. The minimum Gasteiger partial charge on any atom is -0.481 e. The average Bonchev–Trinajstić information content (AvgIpc) is 3.83. The predicted molar refractivity (Wildman–Crippen MR) is 192 cm³/mol. The van der Waals surface area contributed by atoms with Crippen LogP contribution in [0.1, 0.15) is 67.4 Å². The molecule has 2 aromatic rings. The number of carbonyl (C=O) groups excluding carboxylic acids is 2. The van der Waals surface area contributed by atoms with Gasteiger partial charge in [-0.05, 0) is 97.7 Å². The van der Waals surface area contributed by atoms with Crippen LogP contribution in [0.4, 0.5) is 10.5 Å². The standard InChI is InChI=1S/C35H47ClN4O5S2/c1-23(6-5-7-32(44-4)30-14-8-24(30)2)21-47(43,39-35(42)37-29-12-13-29)38-34(41)26-10-15-33-31(19-26)40(3)20-27-9-11-28(36)18-25(27)16-17-46-22-45-33/h5,7,9-11,15,18-19,23-24,29-30,32H,6,8,12-14,16-17,20-22H2,1-4H3,(H2,37,38,39,41,42,43)/b7-5+/t23-,24+,30+,32-,47-/m0/s1. The van der Waals surface area contributed by atoms with Crippen LogP contribution in [0, 0.1) is 17.8 Å². The average molecular weight is 703 g/mol. The molecule has 3 amide bonds. The topological polar surface area (TPSA) is 109 Å². The highest BCUT2D eigenvalue weighted by molar-refractivity contribution is 7.99. The Labute approximate surface area is 288 Å². The summed E-state index contributed by atoms with van der Waals surface area (Å²) in [5, 5.41) is 3.52. The van der Waals surface area contributed by atoms with Gasteiger partial charge in [-0.15, -0.1) is 16.1 Å². The van der Waals surface area contributed by atoms with Crippen molar-refractivity contribution < 1.29 is 23.3 Å². The molecule has 2 N–H and O–H groups in total. The normalized spacial score (nSPS) is 22.3. The molecule has 2 aliphatic carbocycles. The van der Waals surface area contributed by atoms with Crippen LogP contribution in [-0.2, 0) is 27.6 Å². The largest absolute Gasteiger partial charge is 0.481 e. The molecule has 2 aromatic carbocycles. The third-order valence-electron chi connectivity index (χ3n) is 9.16. The number of allylic oxidation sites excluding steroid dienone is 1. The number of rotatable bonds is 10. The molecule has 12 heteroatoms. The number of urea groups is 1. The van der Waals surface area contributed by atoms with Crippen molar-refractivity contribution in [2.45, 2.75) is 71.1 Å². The Balaban J connectivity index is 1.36. The Kier molecular flexibility index (Phi) is 12.2. The Morgan fingerprint density at radius 1 is 1.19 bits per heavy atom. The molecular weight excluding hydrogens is 656 g/mol. The number of hydrogen-bond donors (Lipinski definition) is 2. The number of nitrogens with one attached hydrogen (secondary N) is 2. The van der Waals surface area contributed by atoms with Gasteiger partial charge in [0.05, 0.1) is 17.5 Å². The van der Waals surface area contributed by atoms with Gasteiger partial charge in [0, 0.05) is 43.1 Å². The number of anilines is 1. The number of aryl methyl sites for hydroxylation is 1. The van der Waals surface area contributed by atoms with Gasteiger partial charge in [0.2, 0.25) is 0 Å². The monoisotopic (exact) mass is 702 g/mol. The number of methoxy groups -OCH3 is 1. The van der Waals surface area contributed by atoms with Gasteiger partial charge in [-0.2, -0.15) is 0 Å². The van der Waals surface area contributed by atoms with Gasteiger partial charge in [0.15, 0.2) is 0 Å². The molecule has 0 unspecified atom stereocenters. The number of ether oxygens (including phenoxy) is 2. The third-order valence-corrected chi connectivity index (χ3v) is 12.2. The molecular formula is C35H47ClN4O5S2. The summed E-state index contributed by atoms with van der Waals surface area (Å²) in [5.74, 6) is 2.39. The highest BCUT2D eigenvalue weighted by Gasteiger charge is 2.32. The molecule has 1 heterocycles. The Morgan fingerprint density at radius 2 is 2.00 bits per heavy atom. The van der Waals surface area contributed by atoms with Crippen molar-refractivity contribution in [3.05, 3.63) is 70.3 Å². The van der Waals surface area contributed by atoms with E-state index in [0.29, 0.717) is 47.2 Å². The summed E-state index contributed by atoms with van der Waals surface area (Å²) in [6, 6.07) is 10.6. The van der Waals surface area contributed by atoms with Crippen molar-refractivity contribution in [2.75, 3.05) is 36.5 Å². The SMILES string of the molecule is CO[C@@H](/C=C/C[C@H](C)C[S@](=O)(=NC(=O)c1ccc2c(c1)N(C)Cc1ccc(Cl)cc1CCSCO2)NC(=O)NC1CC1)[C@@H]1CC[C@H]1C. The van der Waals surface area contributed by atoms with E-state index < -0.39 is 21.9 Å². The molecule has 0 saturated heterocycles. The molecule has 0 radical (unpaired) electrons. The maximum Gasteiger partial charge on any atom is 0.327 e. The van der Waals surface area contributed by atoms with E-state index in [1.165, 1.54) is 12.0 Å². The summed E-state index contributed by atoms with van der Waals surface area (Å²) < 4.78 is 32.8. The number of benzene rings is 2. The zero-order valence-electron chi connectivity index (χ0n) is 27.7. The fourth-order valence-corrected chi connectivity index (χ4v) is 8.81. The van der Waals surface area contributed by atoms with Crippen molar-refractivity contribution in [1.29, 1.82) is 0 Å². The van der Waals surface area contributed by atoms with E-state index in [4.69, 9.17) is 21.1 Å². The lowest BCUT2D eigenvalue weighted by atomic mass is 9.71. The van der Waals surface area contributed by atoms with Crippen LogP contribution < -0.4 is 19.7 Å². The van der Waals surface area contributed by atoms with Gasteiger partial charge >= 0.3 is 6.03 Å². The molecule has 9 nitrogen and oxygen atoms in total. The van der Waals surface area contributed by atoms with Crippen molar-refractivity contribution in [2.24, 2.45) is 22.1 Å². The number of nitrogens with zero attached hydrogens (tertiary/aromatic N) is 2. The predicted octanol–water partition coefficient (Wildman–Crippen LogP) is 7.23. The van der Waals surface area contributed by atoms with Gasteiger partial charge in [-0.1, -0.05) is 43.7 Å². The summed E-state index contributed by atoms with van der Waals surface area (Å²) in [6.07, 6.45) is 9.80. The van der Waals surface area contributed by atoms with E-state index in [2.05, 4.69) is 33.5 Å². The number of carbonyl (C=O) groups is 2. The minimum absolute atomic E-state index is 0.0309. The number of halogens is 1. The van der Waals surface area contributed by atoms with Gasteiger partial charge in [-0.3, -0.25) is 9.52 Å². The summed E-state index contributed by atoms with van der Waals surface area (Å²) >= 11 is 7.99. The highest BCUT2D eigenvalue weighted by Crippen LogP contribution is 2.38. The van der Waals surface area contributed by atoms with E-state index >= 15 is 0 Å². The Hall–Kier alpha value is -2.73. The van der Waals surface area contributed by atoms with Crippen molar-refractivity contribution in [1.82, 2.24) is 10.0 Å². The zero-order chi connectivity index (χ0) is 33.6. The molecule has 0 spiro atoms. The first kappa shape index (κ1) is 35.6. The van der Waals surface area contributed by atoms with Gasteiger partial charge < -0.3 is 19.7 Å². The molecule has 1 aliphatic heterocycles. The van der Waals surface area contributed by atoms with Crippen LogP contribution in [0.25, 0.3) is 0 Å². The minimum atomic E-state index is -3.45. The van der Waals surface area contributed by atoms with Crippen LogP contribution in [0.3, 0.4) is 0 Å². The van der Waals surface area contributed by atoms with E-state index in [9.17, 15) is 13.8 Å². The van der Waals surface area contributed by atoms with Crippen LogP contribution in [-0.4, -0.2) is 59.9 Å². The van der Waals surface area contributed by atoms with E-state index in [0.717, 1.165) is 37.0 Å². The second kappa shape index (κ2) is 16.1. The van der Waals surface area contributed by atoms with Crippen LogP contribution >= 0.6 is 23.4 Å². The van der Waals surface area contributed by atoms with Crippen molar-refractivity contribution in [3.8, 4) is 5.75 Å². The van der Waals surface area contributed by atoms with E-state index in [1.54, 1.807) is 37.1 Å². The summed E-state index contributed by atoms with van der Waals surface area (Å²) in [4.78, 5) is 28.5. The Morgan fingerprint density at radius 3 is 2.70 bits per heavy atom. The lowest BCUT2D eigenvalue weighted by Gasteiger charge is -2.38. The van der Waals surface area contributed by atoms with E-state index in [-0.39, 0.29) is 29.4 Å². The van der Waals surface area contributed by atoms with Crippen molar-refractivity contribution in [3.63, 3.8) is 0 Å². The first-order valence-corrected chi connectivity index (χ1v) is 19.6. The molecule has 5 atom stereocenters. The molecule has 3 aliphatic rings. The Bertz CT molecular complexity index is 1590. The molecule has 5 rings (SSSR count). The first-order chi connectivity index (χ1) is 22.5. The van der Waals surface area contributed by atoms with Crippen LogP contribution in [0.2, 0.25) is 5.02 Å². The number of fused-ring (bicyclic) bond motifs is 2. The summed E-state index contributed by atoms with van der Waals surface area (Å²) in [7, 11) is 0.227. The van der Waals surface area contributed by atoms with Gasteiger partial charge in [-0.25, -0.2) is 9.00 Å². The fourth-order valence-electron chi connectivity index (χ4n) is 6.09. The highest BCUT2D eigenvalue weighted by atomic mass is 35.5. The molecule has 256 valence electrons. The number of thioether (sulfide) groups is 1. The van der Waals surface area contributed by atoms with Crippen LogP contribution in [0.15, 0.2) is 52.9 Å². The van der Waals surface area contributed by atoms with Crippen LogP contribution in [0.5, 0.6) is 5.75 Å².